The van der Waals surface area contributed by atoms with Crippen molar-refractivity contribution in [2.24, 2.45) is 0 Å². The van der Waals surface area contributed by atoms with Crippen molar-refractivity contribution in [2.45, 2.75) is 70.6 Å². The van der Waals surface area contributed by atoms with Crippen molar-refractivity contribution >= 4 is 0 Å². The largest absolute Gasteiger partial charge is 0.290 e. The maximum absolute atomic E-state index is 12.5. The Balaban J connectivity index is 2.24. The Hall–Kier alpha value is -1.76. The Morgan fingerprint density at radius 3 is 2.12 bits per heavy atom. The maximum Gasteiger partial charge on any atom is 0.182 e. The highest BCUT2D eigenvalue weighted by atomic mass is 16.3. The molecule has 0 N–H and O–H groups in total. The molecule has 0 aliphatic rings. The van der Waals surface area contributed by atoms with Crippen LogP contribution in [0.5, 0.6) is 5.75 Å². The van der Waals surface area contributed by atoms with E-state index < -0.39 is 0 Å². The summed E-state index contributed by atoms with van der Waals surface area (Å²) in [5, 5.41) is 12.5. The number of hydrogen-bond acceptors (Lipinski definition) is 0. The highest BCUT2D eigenvalue weighted by Crippen LogP contribution is 2.44. The van der Waals surface area contributed by atoms with Crippen molar-refractivity contribution in [1.82, 2.24) is 0 Å². The summed E-state index contributed by atoms with van der Waals surface area (Å²) in [4.78, 5) is 0. The van der Waals surface area contributed by atoms with Gasteiger partial charge in [0.05, 0.1) is 0 Å². The quantitative estimate of drug-likeness (QED) is 0.433. The summed E-state index contributed by atoms with van der Waals surface area (Å²) in [5.41, 5.74) is 2.24. The van der Waals surface area contributed by atoms with E-state index >= 15 is 0 Å². The summed E-state index contributed by atoms with van der Waals surface area (Å²) < 4.78 is 0. The lowest BCUT2D eigenvalue weighted by atomic mass is 9.68. The molecule has 0 saturated heterocycles. The van der Waals surface area contributed by atoms with Gasteiger partial charge in [-0.05, 0) is 29.4 Å². The molecule has 0 aliphatic heterocycles. The number of unbranched alkanes of at least 4 members (excludes halogenated alkanes) is 4. The van der Waals surface area contributed by atoms with Crippen LogP contribution >= 0.6 is 0 Å². The Bertz CT molecular complexity index is 600. The zero-order valence-electron chi connectivity index (χ0n) is 15.4. The van der Waals surface area contributed by atoms with Crippen molar-refractivity contribution in [3.63, 3.8) is 0 Å². The standard InChI is InChI=1S/C23H31O/c1-4-5-6-7-11-17-21(20-16-12-13-18-22(20)24)23(2,3)19-14-9-8-10-15-19/h8-10,12-16,18,21H,4-7,11,17H2,1-3H3. The predicted octanol–water partition coefficient (Wildman–Crippen LogP) is 7.25. The first-order valence-electron chi connectivity index (χ1n) is 9.38. The van der Waals surface area contributed by atoms with Crippen molar-refractivity contribution in [3.8, 4) is 5.75 Å². The van der Waals surface area contributed by atoms with E-state index in [1.807, 2.05) is 18.2 Å². The molecule has 0 aliphatic carbocycles. The predicted molar refractivity (Wildman–Crippen MR) is 102 cm³/mol. The molecule has 129 valence electrons. The van der Waals surface area contributed by atoms with Crippen LogP contribution in [-0.4, -0.2) is 0 Å². The third-order valence-electron chi connectivity index (χ3n) is 5.28. The van der Waals surface area contributed by atoms with Gasteiger partial charge in [0.1, 0.15) is 0 Å². The zero-order valence-corrected chi connectivity index (χ0v) is 15.4. The first-order valence-corrected chi connectivity index (χ1v) is 9.38. The van der Waals surface area contributed by atoms with Gasteiger partial charge in [-0.1, -0.05) is 101 Å². The molecule has 0 saturated carbocycles. The van der Waals surface area contributed by atoms with Gasteiger partial charge in [0.15, 0.2) is 5.75 Å². The van der Waals surface area contributed by atoms with Crippen LogP contribution in [-0.2, 0) is 10.5 Å². The van der Waals surface area contributed by atoms with Crippen LogP contribution in [0, 0.1) is 0 Å². The van der Waals surface area contributed by atoms with Gasteiger partial charge in [0, 0.05) is 5.56 Å². The minimum Gasteiger partial charge on any atom is -0.290 e. The Labute approximate surface area is 147 Å². The summed E-state index contributed by atoms with van der Waals surface area (Å²) in [6.45, 7) is 6.81. The fourth-order valence-corrected chi connectivity index (χ4v) is 3.69. The molecule has 2 rings (SSSR count). The lowest BCUT2D eigenvalue weighted by molar-refractivity contribution is 0.322. The number of rotatable bonds is 9. The van der Waals surface area contributed by atoms with Crippen LogP contribution in [0.3, 0.4) is 0 Å². The minimum atomic E-state index is -0.0491. The van der Waals surface area contributed by atoms with E-state index in [1.54, 1.807) is 6.07 Å². The van der Waals surface area contributed by atoms with E-state index in [4.69, 9.17) is 0 Å². The Kier molecular flexibility index (Phi) is 6.90. The van der Waals surface area contributed by atoms with Gasteiger partial charge in [-0.3, -0.25) is 5.11 Å². The molecule has 0 amide bonds. The van der Waals surface area contributed by atoms with Crippen molar-refractivity contribution in [2.75, 3.05) is 0 Å². The number of para-hydroxylation sites is 1. The molecule has 1 unspecified atom stereocenters. The molecule has 1 atom stereocenters. The van der Waals surface area contributed by atoms with E-state index in [-0.39, 0.29) is 17.1 Å². The molecule has 24 heavy (non-hydrogen) atoms. The van der Waals surface area contributed by atoms with E-state index in [1.165, 1.54) is 37.7 Å². The van der Waals surface area contributed by atoms with Gasteiger partial charge >= 0.3 is 0 Å². The van der Waals surface area contributed by atoms with E-state index in [0.717, 1.165) is 12.0 Å². The molecule has 0 spiro atoms. The lowest BCUT2D eigenvalue weighted by Gasteiger charge is -2.35. The first kappa shape index (κ1) is 18.6. The Morgan fingerprint density at radius 1 is 0.833 bits per heavy atom. The van der Waals surface area contributed by atoms with Crippen molar-refractivity contribution < 1.29 is 5.11 Å². The molecule has 0 aromatic heterocycles. The summed E-state index contributed by atoms with van der Waals surface area (Å²) in [5.74, 6) is 0.440. The molecule has 1 radical (unpaired) electrons. The number of benzene rings is 2. The molecule has 0 fully saturated rings. The highest BCUT2D eigenvalue weighted by Gasteiger charge is 2.33. The average Bonchev–Trinajstić information content (AvgIpc) is 2.60. The first-order chi connectivity index (χ1) is 11.6. The molecule has 1 nitrogen and oxygen atoms in total. The zero-order chi connectivity index (χ0) is 17.4. The van der Waals surface area contributed by atoms with Crippen molar-refractivity contribution in [3.05, 3.63) is 65.7 Å². The van der Waals surface area contributed by atoms with Gasteiger partial charge in [-0.15, -0.1) is 0 Å². The molecule has 2 aromatic carbocycles. The van der Waals surface area contributed by atoms with Crippen LogP contribution in [0.15, 0.2) is 54.6 Å². The molecule has 0 bridgehead atoms. The topological polar surface area (TPSA) is 19.9 Å². The molecular formula is C23H31O. The third-order valence-corrected chi connectivity index (χ3v) is 5.28. The van der Waals surface area contributed by atoms with Gasteiger partial charge in [-0.25, -0.2) is 0 Å². The summed E-state index contributed by atoms with van der Waals surface area (Å²) in [6.07, 6.45) is 7.40. The summed E-state index contributed by atoms with van der Waals surface area (Å²) in [6, 6.07) is 18.2. The van der Waals surface area contributed by atoms with Crippen LogP contribution in [0.4, 0.5) is 0 Å². The van der Waals surface area contributed by atoms with E-state index in [2.05, 4.69) is 51.1 Å². The Morgan fingerprint density at radius 2 is 1.46 bits per heavy atom. The monoisotopic (exact) mass is 323 g/mol. The van der Waals surface area contributed by atoms with Crippen LogP contribution in [0.25, 0.3) is 0 Å². The van der Waals surface area contributed by atoms with Gasteiger partial charge < -0.3 is 0 Å². The second kappa shape index (κ2) is 8.92. The second-order valence-corrected chi connectivity index (χ2v) is 7.38. The van der Waals surface area contributed by atoms with E-state index in [0.29, 0.717) is 0 Å². The van der Waals surface area contributed by atoms with Crippen LogP contribution in [0.1, 0.15) is 76.3 Å². The summed E-state index contributed by atoms with van der Waals surface area (Å²) in [7, 11) is 0. The molecule has 1 heteroatoms. The van der Waals surface area contributed by atoms with Crippen molar-refractivity contribution in [1.29, 1.82) is 0 Å². The maximum atomic E-state index is 12.5. The minimum absolute atomic E-state index is 0.0491. The summed E-state index contributed by atoms with van der Waals surface area (Å²) >= 11 is 0. The highest BCUT2D eigenvalue weighted by molar-refractivity contribution is 5.39. The SMILES string of the molecule is CCCCCCCC(c1ccccc1[O])C(C)(C)c1ccccc1. The van der Waals surface area contributed by atoms with Gasteiger partial charge in [-0.2, -0.15) is 0 Å². The molecule has 0 heterocycles. The lowest BCUT2D eigenvalue weighted by Crippen LogP contribution is -2.27. The smallest absolute Gasteiger partial charge is 0.182 e. The van der Waals surface area contributed by atoms with Gasteiger partial charge in [0.2, 0.25) is 0 Å². The fourth-order valence-electron chi connectivity index (χ4n) is 3.69. The van der Waals surface area contributed by atoms with Gasteiger partial charge in [0.25, 0.3) is 0 Å². The van der Waals surface area contributed by atoms with E-state index in [9.17, 15) is 5.11 Å². The molecule has 2 aromatic rings. The molecular weight excluding hydrogens is 292 g/mol. The average molecular weight is 324 g/mol. The second-order valence-electron chi connectivity index (χ2n) is 7.38. The fraction of sp³-hybridized carbons (Fsp3) is 0.478. The number of hydrogen-bond donors (Lipinski definition) is 0. The van der Waals surface area contributed by atoms with Crippen LogP contribution < -0.4 is 0 Å². The third kappa shape index (κ3) is 4.63. The van der Waals surface area contributed by atoms with Crippen LogP contribution in [0.2, 0.25) is 0 Å². The normalized spacial score (nSPS) is 13.0.